The van der Waals surface area contributed by atoms with Crippen LogP contribution in [0.3, 0.4) is 0 Å². The number of aliphatic hydroxyl groups is 2. The van der Waals surface area contributed by atoms with Crippen LogP contribution in [0.25, 0.3) is 0 Å². The topological polar surface area (TPSA) is 74.6 Å². The van der Waals surface area contributed by atoms with Gasteiger partial charge in [0.05, 0.1) is 18.9 Å². The van der Waals surface area contributed by atoms with Crippen molar-refractivity contribution in [1.29, 1.82) is 0 Å². The van der Waals surface area contributed by atoms with Gasteiger partial charge in [-0.2, -0.15) is 0 Å². The number of rotatable bonds is 6. The Kier molecular flexibility index (Phi) is 4.92. The zero-order valence-electron chi connectivity index (χ0n) is 11.3. The van der Waals surface area contributed by atoms with Crippen molar-refractivity contribution in [3.05, 3.63) is 48.3 Å². The molecule has 0 aliphatic rings. The van der Waals surface area contributed by atoms with Gasteiger partial charge in [-0.25, -0.2) is 0 Å². The maximum absolute atomic E-state index is 9.29. The van der Waals surface area contributed by atoms with E-state index in [2.05, 4.69) is 10.3 Å². The number of aliphatic hydroxyl groups excluding tert-OH is 2. The van der Waals surface area contributed by atoms with Crippen LogP contribution < -0.4 is 10.1 Å². The summed E-state index contributed by atoms with van der Waals surface area (Å²) in [6, 6.07) is 9.31. The quantitative estimate of drug-likeness (QED) is 0.750. The molecule has 2 rings (SSSR count). The van der Waals surface area contributed by atoms with Gasteiger partial charge < -0.3 is 20.3 Å². The van der Waals surface area contributed by atoms with Crippen molar-refractivity contribution < 1.29 is 14.9 Å². The minimum atomic E-state index is -0.762. The first kappa shape index (κ1) is 14.3. The summed E-state index contributed by atoms with van der Waals surface area (Å²) in [5.74, 6) is 1.44. The highest BCUT2D eigenvalue weighted by atomic mass is 16.5. The Balaban J connectivity index is 2.02. The fourth-order valence-corrected chi connectivity index (χ4v) is 1.71. The molecule has 0 saturated carbocycles. The molecular weight excluding hydrogens is 256 g/mol. The average Bonchev–Trinajstić information content (AvgIpc) is 2.48. The summed E-state index contributed by atoms with van der Waals surface area (Å²) in [5.41, 5.74) is 1.84. The Morgan fingerprint density at radius 3 is 2.85 bits per heavy atom. The molecule has 1 aromatic heterocycles. The number of ether oxygens (including phenoxy) is 1. The van der Waals surface area contributed by atoms with Gasteiger partial charge in [0.2, 0.25) is 0 Å². The molecule has 0 fully saturated rings. The highest BCUT2D eigenvalue weighted by Crippen LogP contribution is 2.26. The van der Waals surface area contributed by atoms with E-state index in [-0.39, 0.29) is 6.61 Å². The lowest BCUT2D eigenvalue weighted by atomic mass is 10.2. The van der Waals surface area contributed by atoms with Crippen molar-refractivity contribution in [3.63, 3.8) is 0 Å². The first-order valence-electron chi connectivity index (χ1n) is 6.40. The summed E-state index contributed by atoms with van der Waals surface area (Å²) in [7, 11) is 0. The molecule has 3 N–H and O–H groups in total. The fourth-order valence-electron chi connectivity index (χ4n) is 1.71. The minimum absolute atomic E-state index is 0.256. The van der Waals surface area contributed by atoms with Crippen molar-refractivity contribution in [2.45, 2.75) is 13.0 Å². The smallest absolute Gasteiger partial charge is 0.145 e. The molecule has 0 radical (unpaired) electrons. The number of nitrogens with zero attached hydrogens (tertiary/aromatic N) is 1. The number of aromatic nitrogens is 1. The van der Waals surface area contributed by atoms with E-state index < -0.39 is 6.10 Å². The molecule has 1 unspecified atom stereocenters. The molecule has 5 nitrogen and oxygen atoms in total. The van der Waals surface area contributed by atoms with Crippen molar-refractivity contribution in [2.75, 3.05) is 18.5 Å². The Morgan fingerprint density at radius 2 is 2.20 bits per heavy atom. The van der Waals surface area contributed by atoms with Crippen LogP contribution in [0, 0.1) is 6.92 Å². The Hall–Kier alpha value is -2.11. The van der Waals surface area contributed by atoms with E-state index >= 15 is 0 Å². The van der Waals surface area contributed by atoms with Crippen LogP contribution in [0.5, 0.6) is 11.5 Å². The summed E-state index contributed by atoms with van der Waals surface area (Å²) in [5, 5.41) is 21.1. The second-order valence-corrected chi connectivity index (χ2v) is 4.49. The maximum atomic E-state index is 9.29. The van der Waals surface area contributed by atoms with E-state index in [1.165, 1.54) is 0 Å². The number of nitrogens with one attached hydrogen (secondary N) is 1. The number of pyridine rings is 1. The van der Waals surface area contributed by atoms with Gasteiger partial charge in [-0.15, -0.1) is 0 Å². The predicted octanol–water partition coefficient (Wildman–Crippen LogP) is 1.95. The second kappa shape index (κ2) is 6.88. The Bertz CT molecular complexity index is 546. The molecule has 1 aromatic carbocycles. The van der Waals surface area contributed by atoms with Gasteiger partial charge in [0.15, 0.2) is 0 Å². The molecule has 0 aliphatic heterocycles. The van der Waals surface area contributed by atoms with Gasteiger partial charge in [-0.1, -0.05) is 0 Å². The van der Waals surface area contributed by atoms with Crippen LogP contribution >= 0.6 is 0 Å². The third-order valence-electron chi connectivity index (χ3n) is 2.79. The van der Waals surface area contributed by atoms with E-state index in [0.717, 1.165) is 17.0 Å². The van der Waals surface area contributed by atoms with Gasteiger partial charge in [0.25, 0.3) is 0 Å². The van der Waals surface area contributed by atoms with Gasteiger partial charge in [0, 0.05) is 18.4 Å². The Labute approximate surface area is 117 Å². The van der Waals surface area contributed by atoms with Gasteiger partial charge in [0.1, 0.15) is 11.5 Å². The van der Waals surface area contributed by atoms with Crippen LogP contribution in [0.4, 0.5) is 5.69 Å². The number of benzene rings is 1. The molecule has 0 bridgehead atoms. The molecular formula is C15H18N2O3. The second-order valence-electron chi connectivity index (χ2n) is 4.49. The molecule has 0 saturated heterocycles. The van der Waals surface area contributed by atoms with Crippen molar-refractivity contribution in [2.24, 2.45) is 0 Å². The standard InChI is InChI=1S/C15H18N2O3/c1-11-7-12(17-8-13(19)10-18)4-5-15(11)20-14-3-2-6-16-9-14/h2-7,9,13,17-19H,8,10H2,1H3. The Morgan fingerprint density at radius 1 is 1.35 bits per heavy atom. The molecule has 1 heterocycles. The highest BCUT2D eigenvalue weighted by molar-refractivity contribution is 5.51. The molecule has 106 valence electrons. The summed E-state index contributed by atoms with van der Waals surface area (Å²) in [4.78, 5) is 4.00. The van der Waals surface area contributed by atoms with Crippen molar-refractivity contribution in [3.8, 4) is 11.5 Å². The van der Waals surface area contributed by atoms with E-state index in [4.69, 9.17) is 9.84 Å². The van der Waals surface area contributed by atoms with Crippen molar-refractivity contribution in [1.82, 2.24) is 4.98 Å². The summed E-state index contributed by atoms with van der Waals surface area (Å²) >= 11 is 0. The van der Waals surface area contributed by atoms with E-state index in [1.54, 1.807) is 12.4 Å². The predicted molar refractivity (Wildman–Crippen MR) is 77.1 cm³/mol. The minimum Gasteiger partial charge on any atom is -0.455 e. The summed E-state index contributed by atoms with van der Waals surface area (Å²) in [6.07, 6.45) is 2.59. The normalized spacial score (nSPS) is 11.9. The first-order chi connectivity index (χ1) is 9.69. The molecule has 5 heteroatoms. The number of aryl methyl sites for hydroxylation is 1. The van der Waals surface area contributed by atoms with Crippen molar-refractivity contribution >= 4 is 5.69 Å². The molecule has 20 heavy (non-hydrogen) atoms. The lowest BCUT2D eigenvalue weighted by molar-refractivity contribution is 0.105. The largest absolute Gasteiger partial charge is 0.455 e. The zero-order chi connectivity index (χ0) is 14.4. The monoisotopic (exact) mass is 274 g/mol. The first-order valence-corrected chi connectivity index (χ1v) is 6.40. The number of hydrogen-bond donors (Lipinski definition) is 3. The third kappa shape index (κ3) is 3.94. The molecule has 0 aliphatic carbocycles. The van der Waals surface area contributed by atoms with Crippen LogP contribution in [0.15, 0.2) is 42.7 Å². The van der Waals surface area contributed by atoms with Crippen LogP contribution in [0.2, 0.25) is 0 Å². The number of anilines is 1. The molecule has 0 amide bonds. The van der Waals surface area contributed by atoms with Crippen LogP contribution in [-0.2, 0) is 0 Å². The van der Waals surface area contributed by atoms with Gasteiger partial charge in [-0.05, 0) is 42.8 Å². The molecule has 0 spiro atoms. The van der Waals surface area contributed by atoms with Crippen LogP contribution in [0.1, 0.15) is 5.56 Å². The average molecular weight is 274 g/mol. The highest BCUT2D eigenvalue weighted by Gasteiger charge is 2.05. The van der Waals surface area contributed by atoms with Crippen LogP contribution in [-0.4, -0.2) is 34.5 Å². The number of hydrogen-bond acceptors (Lipinski definition) is 5. The van der Waals surface area contributed by atoms with Gasteiger partial charge >= 0.3 is 0 Å². The van der Waals surface area contributed by atoms with E-state index in [9.17, 15) is 5.11 Å². The summed E-state index contributed by atoms with van der Waals surface area (Å²) < 4.78 is 5.73. The lowest BCUT2D eigenvalue weighted by Gasteiger charge is -2.13. The van der Waals surface area contributed by atoms with E-state index in [0.29, 0.717) is 12.3 Å². The van der Waals surface area contributed by atoms with Gasteiger partial charge in [-0.3, -0.25) is 4.98 Å². The third-order valence-corrected chi connectivity index (χ3v) is 2.79. The zero-order valence-corrected chi connectivity index (χ0v) is 11.3. The van der Waals surface area contributed by atoms with E-state index in [1.807, 2.05) is 37.3 Å². The lowest BCUT2D eigenvalue weighted by Crippen LogP contribution is -2.22. The maximum Gasteiger partial charge on any atom is 0.145 e. The summed E-state index contributed by atoms with van der Waals surface area (Å²) in [6.45, 7) is 1.99. The molecule has 1 atom stereocenters. The molecule has 2 aromatic rings. The fraction of sp³-hybridized carbons (Fsp3) is 0.267. The SMILES string of the molecule is Cc1cc(NCC(O)CO)ccc1Oc1cccnc1.